The molecule has 5 N–H and O–H groups in total. The minimum Gasteiger partial charge on any atom is -0.444 e. The number of carbonyl (C=O) groups excluding carboxylic acids is 2. The van der Waals surface area contributed by atoms with Crippen LogP contribution in [0.1, 0.15) is 63.4 Å². The standard InChI is InChI=1S/C21H35N5O3/c1-7-21(8-2,26-19(28)29-20(3,4)5)14-25-18(23-6)24-13-15-9-11-16(12-10-15)17(22)27/h9-12H,7-8,13-14H2,1-6H3,(H2,22,27)(H,26,28)(H2,23,24,25). The van der Waals surface area contributed by atoms with Crippen LogP contribution in [0.25, 0.3) is 0 Å². The minimum absolute atomic E-state index is 0.430. The lowest BCUT2D eigenvalue weighted by atomic mass is 9.93. The maximum atomic E-state index is 12.3. The summed E-state index contributed by atoms with van der Waals surface area (Å²) in [5.74, 6) is 0.163. The minimum atomic E-state index is -0.549. The highest BCUT2D eigenvalue weighted by molar-refractivity contribution is 5.92. The fraction of sp³-hybridized carbons (Fsp3) is 0.571. The molecule has 0 saturated carbocycles. The molecule has 0 aliphatic heterocycles. The van der Waals surface area contributed by atoms with Crippen LogP contribution in [0.15, 0.2) is 29.3 Å². The number of primary amides is 1. The Hall–Kier alpha value is -2.77. The van der Waals surface area contributed by atoms with Gasteiger partial charge in [-0.15, -0.1) is 0 Å². The molecule has 1 aromatic carbocycles. The van der Waals surface area contributed by atoms with Gasteiger partial charge in [0.25, 0.3) is 0 Å². The summed E-state index contributed by atoms with van der Waals surface area (Å²) in [5.41, 5.74) is 5.72. The van der Waals surface area contributed by atoms with Crippen molar-refractivity contribution in [3.63, 3.8) is 0 Å². The normalized spacial score (nSPS) is 12.3. The molecule has 0 aliphatic rings. The van der Waals surface area contributed by atoms with Crippen LogP contribution in [0.4, 0.5) is 4.79 Å². The highest BCUT2D eigenvalue weighted by Gasteiger charge is 2.30. The first-order valence-electron chi connectivity index (χ1n) is 9.88. The number of nitrogens with zero attached hydrogens (tertiary/aromatic N) is 1. The molecule has 0 bridgehead atoms. The Morgan fingerprint density at radius 3 is 2.10 bits per heavy atom. The van der Waals surface area contributed by atoms with Crippen molar-refractivity contribution in [2.75, 3.05) is 13.6 Å². The van der Waals surface area contributed by atoms with Crippen molar-refractivity contribution in [3.05, 3.63) is 35.4 Å². The summed E-state index contributed by atoms with van der Waals surface area (Å²) in [4.78, 5) is 27.6. The first-order valence-corrected chi connectivity index (χ1v) is 9.88. The van der Waals surface area contributed by atoms with Crippen LogP contribution in [0, 0.1) is 0 Å². The fourth-order valence-electron chi connectivity index (χ4n) is 2.69. The summed E-state index contributed by atoms with van der Waals surface area (Å²) >= 11 is 0. The SMILES string of the molecule is CCC(CC)(CNC(=NC)NCc1ccc(C(N)=O)cc1)NC(=O)OC(C)(C)C. The highest BCUT2D eigenvalue weighted by atomic mass is 16.6. The van der Waals surface area contributed by atoms with Crippen molar-refractivity contribution < 1.29 is 14.3 Å². The number of amides is 2. The third-order valence-corrected chi connectivity index (χ3v) is 4.64. The highest BCUT2D eigenvalue weighted by Crippen LogP contribution is 2.16. The number of hydrogen-bond donors (Lipinski definition) is 4. The lowest BCUT2D eigenvalue weighted by Gasteiger charge is -2.34. The van der Waals surface area contributed by atoms with E-state index in [4.69, 9.17) is 10.5 Å². The van der Waals surface area contributed by atoms with E-state index in [2.05, 4.69) is 20.9 Å². The second kappa shape index (κ2) is 10.7. The maximum Gasteiger partial charge on any atom is 0.408 e. The monoisotopic (exact) mass is 405 g/mol. The Morgan fingerprint density at radius 1 is 1.07 bits per heavy atom. The number of ether oxygens (including phenoxy) is 1. The molecule has 162 valence electrons. The number of aliphatic imine (C=N–C) groups is 1. The second-order valence-corrected chi connectivity index (χ2v) is 7.95. The van der Waals surface area contributed by atoms with E-state index in [1.807, 2.05) is 46.8 Å². The van der Waals surface area contributed by atoms with Crippen molar-refractivity contribution in [1.82, 2.24) is 16.0 Å². The quantitative estimate of drug-likeness (QED) is 0.392. The summed E-state index contributed by atoms with van der Waals surface area (Å²) in [7, 11) is 1.69. The number of carbonyl (C=O) groups is 2. The summed E-state index contributed by atoms with van der Waals surface area (Å²) in [6.07, 6.45) is 1.04. The zero-order valence-corrected chi connectivity index (χ0v) is 18.4. The van der Waals surface area contributed by atoms with E-state index in [1.54, 1.807) is 19.2 Å². The van der Waals surface area contributed by atoms with Crippen LogP contribution in [0.3, 0.4) is 0 Å². The van der Waals surface area contributed by atoms with Crippen molar-refractivity contribution in [2.24, 2.45) is 10.7 Å². The van der Waals surface area contributed by atoms with Crippen LogP contribution in [0.5, 0.6) is 0 Å². The van der Waals surface area contributed by atoms with Gasteiger partial charge in [-0.3, -0.25) is 9.79 Å². The number of rotatable bonds is 8. The van der Waals surface area contributed by atoms with Gasteiger partial charge in [-0.1, -0.05) is 26.0 Å². The zero-order valence-electron chi connectivity index (χ0n) is 18.4. The number of hydrogen-bond acceptors (Lipinski definition) is 4. The lowest BCUT2D eigenvalue weighted by molar-refractivity contribution is 0.0448. The predicted molar refractivity (Wildman–Crippen MR) is 116 cm³/mol. The number of guanidine groups is 1. The number of benzene rings is 1. The van der Waals surface area contributed by atoms with Crippen LogP contribution >= 0.6 is 0 Å². The number of alkyl carbamates (subject to hydrolysis) is 1. The van der Waals surface area contributed by atoms with Gasteiger partial charge in [-0.05, 0) is 51.3 Å². The molecule has 0 spiro atoms. The largest absolute Gasteiger partial charge is 0.444 e. The number of nitrogens with two attached hydrogens (primary N) is 1. The fourth-order valence-corrected chi connectivity index (χ4v) is 2.69. The Bertz CT molecular complexity index is 704. The molecule has 0 radical (unpaired) electrons. The lowest BCUT2D eigenvalue weighted by Crippen LogP contribution is -2.57. The predicted octanol–water partition coefficient (Wildman–Crippen LogP) is 2.53. The molecule has 2 amide bonds. The molecule has 0 heterocycles. The van der Waals surface area contributed by atoms with E-state index in [0.29, 0.717) is 24.6 Å². The second-order valence-electron chi connectivity index (χ2n) is 7.95. The summed E-state index contributed by atoms with van der Waals surface area (Å²) < 4.78 is 5.41. The molecular weight excluding hydrogens is 370 g/mol. The molecule has 1 aromatic rings. The Labute approximate surface area is 173 Å². The van der Waals surface area contributed by atoms with Gasteiger partial charge in [0.05, 0.1) is 5.54 Å². The third-order valence-electron chi connectivity index (χ3n) is 4.64. The van der Waals surface area contributed by atoms with Crippen molar-refractivity contribution >= 4 is 18.0 Å². The third kappa shape index (κ3) is 8.41. The van der Waals surface area contributed by atoms with Crippen LogP contribution < -0.4 is 21.7 Å². The first kappa shape index (κ1) is 24.3. The van der Waals surface area contributed by atoms with E-state index in [9.17, 15) is 9.59 Å². The van der Waals surface area contributed by atoms with Crippen LogP contribution in [-0.4, -0.2) is 42.7 Å². The summed E-state index contributed by atoms with van der Waals surface area (Å²) in [5, 5.41) is 9.51. The van der Waals surface area contributed by atoms with Gasteiger partial charge in [-0.25, -0.2) is 4.79 Å². The molecule has 8 heteroatoms. The van der Waals surface area contributed by atoms with Crippen LogP contribution in [0.2, 0.25) is 0 Å². The maximum absolute atomic E-state index is 12.3. The molecule has 8 nitrogen and oxygen atoms in total. The van der Waals surface area contributed by atoms with E-state index in [0.717, 1.165) is 18.4 Å². The Balaban J connectivity index is 2.66. The molecule has 0 unspecified atom stereocenters. The van der Waals surface area contributed by atoms with E-state index in [1.165, 1.54) is 0 Å². The average molecular weight is 406 g/mol. The van der Waals surface area contributed by atoms with Crippen molar-refractivity contribution in [2.45, 2.75) is 65.1 Å². The van der Waals surface area contributed by atoms with E-state index in [-0.39, 0.29) is 0 Å². The molecule has 1 rings (SSSR count). The Morgan fingerprint density at radius 2 is 1.66 bits per heavy atom. The molecule has 0 aliphatic carbocycles. The smallest absolute Gasteiger partial charge is 0.408 e. The topological polar surface area (TPSA) is 118 Å². The summed E-state index contributed by atoms with van der Waals surface area (Å²) in [6, 6.07) is 7.07. The molecule has 0 atom stereocenters. The molecule has 29 heavy (non-hydrogen) atoms. The van der Waals surface area contributed by atoms with Crippen molar-refractivity contribution in [1.29, 1.82) is 0 Å². The van der Waals surface area contributed by atoms with E-state index >= 15 is 0 Å². The average Bonchev–Trinajstić information content (AvgIpc) is 2.66. The Kier molecular flexibility index (Phi) is 8.94. The van der Waals surface area contributed by atoms with Gasteiger partial charge in [0, 0.05) is 25.7 Å². The summed E-state index contributed by atoms with van der Waals surface area (Å²) in [6.45, 7) is 10.6. The van der Waals surface area contributed by atoms with Gasteiger partial charge in [0.1, 0.15) is 5.60 Å². The molecular formula is C21H35N5O3. The van der Waals surface area contributed by atoms with Gasteiger partial charge < -0.3 is 26.4 Å². The molecule has 0 fully saturated rings. The number of nitrogens with one attached hydrogen (secondary N) is 3. The molecule has 0 saturated heterocycles. The molecule has 0 aromatic heterocycles. The zero-order chi connectivity index (χ0) is 22.1. The van der Waals surface area contributed by atoms with Crippen molar-refractivity contribution in [3.8, 4) is 0 Å². The first-order chi connectivity index (χ1) is 13.5. The van der Waals surface area contributed by atoms with Gasteiger partial charge in [0.2, 0.25) is 5.91 Å². The van der Waals surface area contributed by atoms with Gasteiger partial charge in [0.15, 0.2) is 5.96 Å². The van der Waals surface area contributed by atoms with Crippen LogP contribution in [-0.2, 0) is 11.3 Å². The van der Waals surface area contributed by atoms with E-state index < -0.39 is 23.1 Å². The van der Waals surface area contributed by atoms with Gasteiger partial charge in [-0.2, -0.15) is 0 Å². The van der Waals surface area contributed by atoms with Gasteiger partial charge >= 0.3 is 6.09 Å².